The first-order chi connectivity index (χ1) is 7.52. The van der Waals surface area contributed by atoms with E-state index in [0.717, 1.165) is 0 Å². The summed E-state index contributed by atoms with van der Waals surface area (Å²) in [4.78, 5) is 32.6. The van der Waals surface area contributed by atoms with Crippen molar-refractivity contribution in [3.63, 3.8) is 0 Å². The maximum atomic E-state index is 11.5. The Morgan fingerprint density at radius 2 is 1.75 bits per heavy atom. The van der Waals surface area contributed by atoms with Crippen LogP contribution in [0.25, 0.3) is 0 Å². The molecule has 1 aromatic rings. The van der Waals surface area contributed by atoms with Gasteiger partial charge in [0.2, 0.25) is 0 Å². The SMILES string of the molecule is NC(=O)C(=O)NNC(=O)c1ccccc1Br. The van der Waals surface area contributed by atoms with Gasteiger partial charge in [0.15, 0.2) is 0 Å². The molecule has 0 aliphatic carbocycles. The summed E-state index contributed by atoms with van der Waals surface area (Å²) < 4.78 is 0.570. The van der Waals surface area contributed by atoms with Gasteiger partial charge in [-0.2, -0.15) is 0 Å². The molecule has 0 heterocycles. The minimum Gasteiger partial charge on any atom is -0.361 e. The van der Waals surface area contributed by atoms with Crippen LogP contribution in [0, 0.1) is 0 Å². The summed E-state index contributed by atoms with van der Waals surface area (Å²) in [6, 6.07) is 6.62. The summed E-state index contributed by atoms with van der Waals surface area (Å²) in [5, 5.41) is 0. The molecule has 3 amide bonds. The molecule has 0 aromatic heterocycles. The molecule has 16 heavy (non-hydrogen) atoms. The molecule has 0 atom stereocenters. The van der Waals surface area contributed by atoms with E-state index in [2.05, 4.69) is 27.1 Å². The number of hydrogen-bond acceptors (Lipinski definition) is 3. The Balaban J connectivity index is 2.64. The maximum absolute atomic E-state index is 11.5. The molecule has 0 fully saturated rings. The second-order valence-corrected chi connectivity index (χ2v) is 3.61. The summed E-state index contributed by atoms with van der Waals surface area (Å²) in [5.74, 6) is -2.81. The number of benzene rings is 1. The lowest BCUT2D eigenvalue weighted by Crippen LogP contribution is -2.47. The van der Waals surface area contributed by atoms with Crippen molar-refractivity contribution in [2.24, 2.45) is 5.73 Å². The molecule has 0 saturated heterocycles. The molecular formula is C9H8BrN3O3. The zero-order valence-electron chi connectivity index (χ0n) is 7.99. The summed E-state index contributed by atoms with van der Waals surface area (Å²) in [6.45, 7) is 0. The van der Waals surface area contributed by atoms with Crippen LogP contribution in [0.15, 0.2) is 28.7 Å². The predicted octanol–water partition coefficient (Wildman–Crippen LogP) is -0.305. The number of nitrogens with two attached hydrogens (primary N) is 1. The molecule has 0 spiro atoms. The van der Waals surface area contributed by atoms with E-state index in [4.69, 9.17) is 0 Å². The van der Waals surface area contributed by atoms with Gasteiger partial charge in [-0.1, -0.05) is 12.1 Å². The van der Waals surface area contributed by atoms with Crippen LogP contribution in [-0.2, 0) is 9.59 Å². The van der Waals surface area contributed by atoms with Crippen LogP contribution < -0.4 is 16.6 Å². The van der Waals surface area contributed by atoms with E-state index in [1.54, 1.807) is 24.3 Å². The van der Waals surface area contributed by atoms with Gasteiger partial charge in [0.25, 0.3) is 5.91 Å². The van der Waals surface area contributed by atoms with E-state index in [-0.39, 0.29) is 0 Å². The van der Waals surface area contributed by atoms with Crippen molar-refractivity contribution in [3.8, 4) is 0 Å². The van der Waals surface area contributed by atoms with Crippen LogP contribution >= 0.6 is 15.9 Å². The highest BCUT2D eigenvalue weighted by molar-refractivity contribution is 9.10. The van der Waals surface area contributed by atoms with Crippen molar-refractivity contribution in [2.45, 2.75) is 0 Å². The van der Waals surface area contributed by atoms with Crippen molar-refractivity contribution < 1.29 is 14.4 Å². The quantitative estimate of drug-likeness (QED) is 0.487. The molecule has 4 N–H and O–H groups in total. The Labute approximate surface area is 99.3 Å². The van der Waals surface area contributed by atoms with Gasteiger partial charge in [0.1, 0.15) is 0 Å². The van der Waals surface area contributed by atoms with Gasteiger partial charge in [-0.15, -0.1) is 0 Å². The minimum absolute atomic E-state index is 0.326. The number of primary amides is 1. The van der Waals surface area contributed by atoms with Gasteiger partial charge in [-0.05, 0) is 28.1 Å². The smallest absolute Gasteiger partial charge is 0.327 e. The first-order valence-corrected chi connectivity index (χ1v) is 4.96. The number of carbonyl (C=O) groups excluding carboxylic acids is 3. The third-order valence-electron chi connectivity index (χ3n) is 1.63. The molecule has 7 heteroatoms. The maximum Gasteiger partial charge on any atom is 0.327 e. The van der Waals surface area contributed by atoms with E-state index in [9.17, 15) is 14.4 Å². The van der Waals surface area contributed by atoms with Gasteiger partial charge in [-0.25, -0.2) is 0 Å². The van der Waals surface area contributed by atoms with Crippen molar-refractivity contribution >= 4 is 33.7 Å². The lowest BCUT2D eigenvalue weighted by molar-refractivity contribution is -0.137. The van der Waals surface area contributed by atoms with Crippen LogP contribution in [0.5, 0.6) is 0 Å². The van der Waals surface area contributed by atoms with Crippen molar-refractivity contribution in [2.75, 3.05) is 0 Å². The third kappa shape index (κ3) is 3.06. The van der Waals surface area contributed by atoms with E-state index in [1.165, 1.54) is 0 Å². The first kappa shape index (κ1) is 12.2. The predicted molar refractivity (Wildman–Crippen MR) is 58.9 cm³/mol. The highest BCUT2D eigenvalue weighted by Crippen LogP contribution is 2.14. The van der Waals surface area contributed by atoms with Crippen LogP contribution in [0.4, 0.5) is 0 Å². The van der Waals surface area contributed by atoms with Crippen molar-refractivity contribution in [3.05, 3.63) is 34.3 Å². The minimum atomic E-state index is -1.17. The lowest BCUT2D eigenvalue weighted by atomic mass is 10.2. The second-order valence-electron chi connectivity index (χ2n) is 2.75. The number of hydrazine groups is 1. The van der Waals surface area contributed by atoms with Crippen molar-refractivity contribution in [1.82, 2.24) is 10.9 Å². The van der Waals surface area contributed by atoms with E-state index in [0.29, 0.717) is 10.0 Å². The molecule has 0 unspecified atom stereocenters. The van der Waals surface area contributed by atoms with Gasteiger partial charge < -0.3 is 5.73 Å². The van der Waals surface area contributed by atoms with Crippen LogP contribution in [0.1, 0.15) is 10.4 Å². The Hall–Kier alpha value is -1.89. The molecule has 6 nitrogen and oxygen atoms in total. The molecule has 0 radical (unpaired) electrons. The Morgan fingerprint density at radius 1 is 1.12 bits per heavy atom. The van der Waals surface area contributed by atoms with Crippen LogP contribution in [0.2, 0.25) is 0 Å². The largest absolute Gasteiger partial charge is 0.361 e. The van der Waals surface area contributed by atoms with Crippen LogP contribution in [-0.4, -0.2) is 17.7 Å². The number of halogens is 1. The Morgan fingerprint density at radius 3 is 2.31 bits per heavy atom. The zero-order valence-corrected chi connectivity index (χ0v) is 9.58. The van der Waals surface area contributed by atoms with Crippen molar-refractivity contribution in [1.29, 1.82) is 0 Å². The molecular weight excluding hydrogens is 278 g/mol. The van der Waals surface area contributed by atoms with E-state index in [1.807, 2.05) is 5.43 Å². The fraction of sp³-hybridized carbons (Fsp3) is 0. The fourth-order valence-corrected chi connectivity index (χ4v) is 1.35. The molecule has 0 bridgehead atoms. The van der Waals surface area contributed by atoms with Gasteiger partial charge >= 0.3 is 11.8 Å². The van der Waals surface area contributed by atoms with Gasteiger partial charge in [-0.3, -0.25) is 25.2 Å². The number of hydrogen-bond donors (Lipinski definition) is 3. The number of amides is 3. The molecule has 0 aliphatic rings. The molecule has 1 rings (SSSR count). The van der Waals surface area contributed by atoms with Gasteiger partial charge in [0.05, 0.1) is 5.56 Å². The normalized spacial score (nSPS) is 9.31. The number of carbonyl (C=O) groups is 3. The summed E-state index contributed by atoms with van der Waals surface area (Å²) in [6.07, 6.45) is 0. The zero-order chi connectivity index (χ0) is 12.1. The first-order valence-electron chi connectivity index (χ1n) is 4.17. The molecule has 0 aliphatic heterocycles. The van der Waals surface area contributed by atoms with Crippen LogP contribution in [0.3, 0.4) is 0 Å². The molecule has 1 aromatic carbocycles. The standard InChI is InChI=1S/C9H8BrN3O3/c10-6-4-2-1-3-5(6)8(15)12-13-9(16)7(11)14/h1-4H,(H2,11,14)(H,12,15)(H,13,16). The monoisotopic (exact) mass is 285 g/mol. The number of nitrogens with one attached hydrogen (secondary N) is 2. The molecule has 84 valence electrons. The lowest BCUT2D eigenvalue weighted by Gasteiger charge is -2.06. The van der Waals surface area contributed by atoms with E-state index >= 15 is 0 Å². The average molecular weight is 286 g/mol. The topological polar surface area (TPSA) is 101 Å². The highest BCUT2D eigenvalue weighted by atomic mass is 79.9. The second kappa shape index (κ2) is 5.26. The fourth-order valence-electron chi connectivity index (χ4n) is 0.888. The Kier molecular flexibility index (Phi) is 4.01. The summed E-state index contributed by atoms with van der Waals surface area (Å²) in [7, 11) is 0. The summed E-state index contributed by atoms with van der Waals surface area (Å²) in [5.41, 5.74) is 8.93. The van der Waals surface area contributed by atoms with Gasteiger partial charge in [0, 0.05) is 4.47 Å². The summed E-state index contributed by atoms with van der Waals surface area (Å²) >= 11 is 3.17. The molecule has 0 saturated carbocycles. The highest BCUT2D eigenvalue weighted by Gasteiger charge is 2.12. The third-order valence-corrected chi connectivity index (χ3v) is 2.32. The Bertz CT molecular complexity index is 447. The average Bonchev–Trinajstić information content (AvgIpc) is 2.25. The van der Waals surface area contributed by atoms with E-state index < -0.39 is 17.7 Å². The number of rotatable bonds is 1.